The quantitative estimate of drug-likeness (QED) is 0.906. The maximum Gasteiger partial charge on any atom is 0.0534 e. The average Bonchev–Trinajstić information content (AvgIpc) is 2.99. The van der Waals surface area contributed by atoms with Crippen molar-refractivity contribution in [1.29, 1.82) is 0 Å². The number of aromatic nitrogens is 2. The van der Waals surface area contributed by atoms with Crippen LogP contribution in [0.5, 0.6) is 0 Å². The minimum atomic E-state index is 0.308. The SMILES string of the molecule is OCCC1CCCCN1Cc1cnn(C2CCCCC2)c1. The zero-order valence-corrected chi connectivity index (χ0v) is 13.1. The number of nitrogens with zero attached hydrogens (tertiary/aromatic N) is 3. The Morgan fingerprint density at radius 2 is 1.90 bits per heavy atom. The molecule has 0 radical (unpaired) electrons. The van der Waals surface area contributed by atoms with E-state index in [9.17, 15) is 5.11 Å². The molecule has 2 aliphatic rings. The summed E-state index contributed by atoms with van der Waals surface area (Å²) in [5, 5.41) is 13.9. The van der Waals surface area contributed by atoms with Crippen molar-refractivity contribution < 1.29 is 5.11 Å². The second-order valence-electron chi connectivity index (χ2n) is 6.75. The fourth-order valence-electron chi connectivity index (χ4n) is 3.98. The van der Waals surface area contributed by atoms with Gasteiger partial charge in [-0.25, -0.2) is 0 Å². The summed E-state index contributed by atoms with van der Waals surface area (Å²) in [7, 11) is 0. The van der Waals surface area contributed by atoms with Gasteiger partial charge in [0.2, 0.25) is 0 Å². The smallest absolute Gasteiger partial charge is 0.0534 e. The number of aliphatic hydroxyl groups is 1. The first kappa shape index (κ1) is 15.0. The third kappa shape index (κ3) is 3.86. The van der Waals surface area contributed by atoms with Gasteiger partial charge in [0.25, 0.3) is 0 Å². The molecule has 118 valence electrons. The number of hydrogen-bond acceptors (Lipinski definition) is 3. The molecule has 4 nitrogen and oxygen atoms in total. The molecule has 2 fully saturated rings. The van der Waals surface area contributed by atoms with Crippen LogP contribution in [-0.2, 0) is 6.54 Å². The molecular formula is C17H29N3O. The molecule has 1 unspecified atom stereocenters. The molecule has 21 heavy (non-hydrogen) atoms. The van der Waals surface area contributed by atoms with E-state index in [1.54, 1.807) is 0 Å². The predicted octanol–water partition coefficient (Wildman–Crippen LogP) is 3.13. The van der Waals surface area contributed by atoms with E-state index in [0.29, 0.717) is 18.7 Å². The molecule has 1 saturated carbocycles. The lowest BCUT2D eigenvalue weighted by Crippen LogP contribution is -2.39. The van der Waals surface area contributed by atoms with Gasteiger partial charge in [0.1, 0.15) is 0 Å². The van der Waals surface area contributed by atoms with E-state index in [1.807, 2.05) is 0 Å². The number of piperidine rings is 1. The Labute approximate surface area is 128 Å². The molecule has 0 amide bonds. The Balaban J connectivity index is 1.60. The fourth-order valence-corrected chi connectivity index (χ4v) is 3.98. The van der Waals surface area contributed by atoms with Crippen LogP contribution in [0.25, 0.3) is 0 Å². The highest BCUT2D eigenvalue weighted by Crippen LogP contribution is 2.28. The van der Waals surface area contributed by atoms with Crippen LogP contribution in [0.2, 0.25) is 0 Å². The van der Waals surface area contributed by atoms with Crippen LogP contribution in [0.1, 0.15) is 69.4 Å². The molecule has 1 aromatic rings. The number of hydrogen-bond donors (Lipinski definition) is 1. The normalized spacial score (nSPS) is 25.3. The number of aliphatic hydroxyl groups excluding tert-OH is 1. The van der Waals surface area contributed by atoms with Gasteiger partial charge in [0.15, 0.2) is 0 Å². The molecule has 1 aromatic heterocycles. The van der Waals surface area contributed by atoms with Crippen molar-refractivity contribution in [3.8, 4) is 0 Å². The van der Waals surface area contributed by atoms with Crippen molar-refractivity contribution in [3.63, 3.8) is 0 Å². The number of rotatable bonds is 5. The molecule has 1 atom stereocenters. The van der Waals surface area contributed by atoms with Crippen molar-refractivity contribution >= 4 is 0 Å². The maximum atomic E-state index is 9.23. The van der Waals surface area contributed by atoms with Gasteiger partial charge in [0, 0.05) is 31.0 Å². The van der Waals surface area contributed by atoms with Gasteiger partial charge in [0.05, 0.1) is 12.2 Å². The fraction of sp³-hybridized carbons (Fsp3) is 0.824. The molecule has 0 bridgehead atoms. The van der Waals surface area contributed by atoms with E-state index >= 15 is 0 Å². The van der Waals surface area contributed by atoms with Crippen molar-refractivity contribution in [3.05, 3.63) is 18.0 Å². The van der Waals surface area contributed by atoms with Crippen LogP contribution in [0.15, 0.2) is 12.4 Å². The van der Waals surface area contributed by atoms with E-state index < -0.39 is 0 Å². The zero-order chi connectivity index (χ0) is 14.5. The van der Waals surface area contributed by atoms with Gasteiger partial charge in [-0.1, -0.05) is 25.7 Å². The van der Waals surface area contributed by atoms with Gasteiger partial charge in [-0.3, -0.25) is 9.58 Å². The lowest BCUT2D eigenvalue weighted by Gasteiger charge is -2.35. The Kier molecular flexibility index (Phi) is 5.31. The summed E-state index contributed by atoms with van der Waals surface area (Å²) in [5.74, 6) is 0. The molecular weight excluding hydrogens is 262 g/mol. The van der Waals surface area contributed by atoms with E-state index in [4.69, 9.17) is 0 Å². The first-order valence-electron chi connectivity index (χ1n) is 8.75. The molecule has 4 heteroatoms. The van der Waals surface area contributed by atoms with Gasteiger partial charge in [-0.05, 0) is 38.6 Å². The van der Waals surface area contributed by atoms with Gasteiger partial charge >= 0.3 is 0 Å². The standard InChI is InChI=1S/C17H29N3O/c21-11-9-16-6-4-5-10-19(16)13-15-12-18-20(14-15)17-7-2-1-3-8-17/h12,14,16-17,21H,1-11,13H2. The molecule has 3 rings (SSSR count). The lowest BCUT2D eigenvalue weighted by molar-refractivity contribution is 0.112. The zero-order valence-electron chi connectivity index (χ0n) is 13.1. The van der Waals surface area contributed by atoms with Crippen LogP contribution in [0, 0.1) is 0 Å². The highest BCUT2D eigenvalue weighted by atomic mass is 16.3. The molecule has 0 aromatic carbocycles. The Morgan fingerprint density at radius 1 is 1.10 bits per heavy atom. The van der Waals surface area contributed by atoms with Crippen LogP contribution < -0.4 is 0 Å². The summed E-state index contributed by atoms with van der Waals surface area (Å²) >= 11 is 0. The Morgan fingerprint density at radius 3 is 2.71 bits per heavy atom. The third-order valence-electron chi connectivity index (χ3n) is 5.20. The van der Waals surface area contributed by atoms with E-state index in [-0.39, 0.29) is 0 Å². The van der Waals surface area contributed by atoms with Gasteiger partial charge < -0.3 is 5.11 Å². The first-order valence-corrected chi connectivity index (χ1v) is 8.75. The van der Waals surface area contributed by atoms with Crippen LogP contribution >= 0.6 is 0 Å². The molecule has 1 aliphatic heterocycles. The van der Waals surface area contributed by atoms with Crippen LogP contribution in [-0.4, -0.2) is 39.0 Å². The minimum absolute atomic E-state index is 0.308. The second kappa shape index (κ2) is 7.41. The molecule has 2 heterocycles. The minimum Gasteiger partial charge on any atom is -0.396 e. The summed E-state index contributed by atoms with van der Waals surface area (Å²) in [6.45, 7) is 2.47. The van der Waals surface area contributed by atoms with E-state index in [1.165, 1.54) is 63.5 Å². The predicted molar refractivity (Wildman–Crippen MR) is 84.1 cm³/mol. The summed E-state index contributed by atoms with van der Waals surface area (Å²) in [6, 6.07) is 1.18. The largest absolute Gasteiger partial charge is 0.396 e. The van der Waals surface area contributed by atoms with Crippen molar-refractivity contribution in [1.82, 2.24) is 14.7 Å². The highest BCUT2D eigenvalue weighted by molar-refractivity contribution is 5.05. The monoisotopic (exact) mass is 291 g/mol. The summed E-state index contributed by atoms with van der Waals surface area (Å²) in [6.07, 6.45) is 15.7. The molecule has 1 saturated heterocycles. The van der Waals surface area contributed by atoms with Crippen molar-refractivity contribution in [2.75, 3.05) is 13.2 Å². The average molecular weight is 291 g/mol. The van der Waals surface area contributed by atoms with Gasteiger partial charge in [-0.15, -0.1) is 0 Å². The van der Waals surface area contributed by atoms with E-state index in [0.717, 1.165) is 13.0 Å². The van der Waals surface area contributed by atoms with Crippen LogP contribution in [0.4, 0.5) is 0 Å². The Bertz CT molecular complexity index is 423. The topological polar surface area (TPSA) is 41.3 Å². The van der Waals surface area contributed by atoms with Gasteiger partial charge in [-0.2, -0.15) is 5.10 Å². The van der Waals surface area contributed by atoms with Crippen LogP contribution in [0.3, 0.4) is 0 Å². The van der Waals surface area contributed by atoms with E-state index in [2.05, 4.69) is 27.1 Å². The number of likely N-dealkylation sites (tertiary alicyclic amines) is 1. The lowest BCUT2D eigenvalue weighted by atomic mass is 9.96. The maximum absolute atomic E-state index is 9.23. The molecule has 1 N–H and O–H groups in total. The summed E-state index contributed by atoms with van der Waals surface area (Å²) in [5.41, 5.74) is 1.34. The van der Waals surface area contributed by atoms with Crippen molar-refractivity contribution in [2.24, 2.45) is 0 Å². The molecule has 0 spiro atoms. The first-order chi connectivity index (χ1) is 10.4. The second-order valence-corrected chi connectivity index (χ2v) is 6.75. The Hall–Kier alpha value is -0.870. The van der Waals surface area contributed by atoms with Crippen molar-refractivity contribution in [2.45, 2.75) is 76.4 Å². The highest BCUT2D eigenvalue weighted by Gasteiger charge is 2.23. The third-order valence-corrected chi connectivity index (χ3v) is 5.20. The molecule has 1 aliphatic carbocycles. The summed E-state index contributed by atoms with van der Waals surface area (Å²) < 4.78 is 2.21. The summed E-state index contributed by atoms with van der Waals surface area (Å²) in [4.78, 5) is 2.54.